The van der Waals surface area contributed by atoms with E-state index in [0.29, 0.717) is 44.0 Å². The Hall–Kier alpha value is -3.93. The molecule has 0 aromatic heterocycles. The molecular formula is C31H37FN4O4. The van der Waals surface area contributed by atoms with Crippen LogP contribution in [0.1, 0.15) is 55.7 Å². The largest absolute Gasteiger partial charge is 0.483 e. The standard InChI is InChI=1S/C31H37FN4O4/c1-22(37)35-13-15-36(16-14-35)30(38)21-40-29-10-6-5-9-24(29)18-28(23-7-3-2-4-8-23)31(39)34-27-12-11-25(20-33)26(17-27)19-32/h5-6,9-12,17,23,28H,2-4,7-8,13-16,18-19,21H2,1H3,(H,34,39). The third kappa shape index (κ3) is 7.38. The van der Waals surface area contributed by atoms with Crippen LogP contribution in [0.3, 0.4) is 0 Å². The molecule has 2 aromatic rings. The second-order valence-corrected chi connectivity index (χ2v) is 10.6. The maximum absolute atomic E-state index is 13.6. The van der Waals surface area contributed by atoms with Gasteiger partial charge in [-0.05, 0) is 55.0 Å². The zero-order valence-electron chi connectivity index (χ0n) is 23.0. The fourth-order valence-corrected chi connectivity index (χ4v) is 5.69. The first-order chi connectivity index (χ1) is 19.4. The molecule has 1 saturated heterocycles. The van der Waals surface area contributed by atoms with Gasteiger partial charge >= 0.3 is 0 Å². The lowest BCUT2D eigenvalue weighted by atomic mass is 9.76. The first-order valence-electron chi connectivity index (χ1n) is 14.0. The number of benzene rings is 2. The lowest BCUT2D eigenvalue weighted by Gasteiger charge is -2.34. The van der Waals surface area contributed by atoms with E-state index in [9.17, 15) is 24.0 Å². The number of para-hydroxylation sites is 1. The number of alkyl halides is 1. The number of anilines is 1. The number of hydrogen-bond donors (Lipinski definition) is 1. The van der Waals surface area contributed by atoms with Gasteiger partial charge in [0.1, 0.15) is 12.4 Å². The third-order valence-corrected chi connectivity index (χ3v) is 8.03. The first-order valence-corrected chi connectivity index (χ1v) is 14.0. The van der Waals surface area contributed by atoms with Crippen molar-refractivity contribution in [3.63, 3.8) is 0 Å². The summed E-state index contributed by atoms with van der Waals surface area (Å²) < 4.78 is 19.4. The van der Waals surface area contributed by atoms with Gasteiger partial charge in [0.25, 0.3) is 5.91 Å². The van der Waals surface area contributed by atoms with Crippen LogP contribution in [0.5, 0.6) is 5.75 Å². The minimum absolute atomic E-state index is 0.0101. The molecule has 2 fully saturated rings. The van der Waals surface area contributed by atoms with Gasteiger partial charge in [0.15, 0.2) is 6.61 Å². The second kappa shape index (κ2) is 13.9. The number of rotatable bonds is 9. The van der Waals surface area contributed by atoms with Gasteiger partial charge in [0.2, 0.25) is 11.8 Å². The molecule has 3 amide bonds. The van der Waals surface area contributed by atoms with Crippen molar-refractivity contribution in [3.05, 3.63) is 59.2 Å². The number of nitrogens with one attached hydrogen (secondary N) is 1. The Balaban J connectivity index is 1.45. The number of nitrogens with zero attached hydrogens (tertiary/aromatic N) is 3. The van der Waals surface area contributed by atoms with Gasteiger partial charge in [-0.1, -0.05) is 37.5 Å². The highest BCUT2D eigenvalue weighted by molar-refractivity contribution is 5.93. The molecular weight excluding hydrogens is 511 g/mol. The average molecular weight is 549 g/mol. The Morgan fingerprint density at radius 1 is 1.02 bits per heavy atom. The second-order valence-electron chi connectivity index (χ2n) is 10.6. The summed E-state index contributed by atoms with van der Waals surface area (Å²) in [5.74, 6) is 0.172. The summed E-state index contributed by atoms with van der Waals surface area (Å²) in [7, 11) is 0. The Labute approximate surface area is 235 Å². The van der Waals surface area contributed by atoms with Crippen LogP contribution >= 0.6 is 0 Å². The Morgan fingerprint density at radius 2 is 1.73 bits per heavy atom. The zero-order chi connectivity index (χ0) is 28.5. The minimum Gasteiger partial charge on any atom is -0.483 e. The topological polar surface area (TPSA) is 103 Å². The number of amides is 3. The minimum atomic E-state index is -0.783. The number of nitriles is 1. The summed E-state index contributed by atoms with van der Waals surface area (Å²) in [5, 5.41) is 12.2. The van der Waals surface area contributed by atoms with Crippen molar-refractivity contribution in [2.75, 3.05) is 38.1 Å². The Bertz CT molecular complexity index is 1250. The van der Waals surface area contributed by atoms with Crippen LogP contribution in [-0.4, -0.2) is 60.3 Å². The highest BCUT2D eigenvalue weighted by Crippen LogP contribution is 2.35. The van der Waals surface area contributed by atoms with E-state index in [2.05, 4.69) is 5.32 Å². The van der Waals surface area contributed by atoms with E-state index in [1.807, 2.05) is 30.3 Å². The van der Waals surface area contributed by atoms with Crippen LogP contribution < -0.4 is 10.1 Å². The van der Waals surface area contributed by atoms with Crippen LogP contribution in [0.15, 0.2) is 42.5 Å². The molecule has 9 heteroatoms. The highest BCUT2D eigenvalue weighted by Gasteiger charge is 2.31. The number of carbonyl (C=O) groups excluding carboxylic acids is 3. The Kier molecular flexibility index (Phi) is 10.1. The molecule has 1 aliphatic heterocycles. The molecule has 1 saturated carbocycles. The van der Waals surface area contributed by atoms with E-state index >= 15 is 0 Å². The summed E-state index contributed by atoms with van der Waals surface area (Å²) in [6.07, 6.45) is 5.65. The molecule has 1 heterocycles. The summed E-state index contributed by atoms with van der Waals surface area (Å²) in [6.45, 7) is 2.62. The van der Waals surface area contributed by atoms with Gasteiger partial charge in [0, 0.05) is 50.3 Å². The van der Waals surface area contributed by atoms with Crippen LogP contribution in [0.25, 0.3) is 0 Å². The summed E-state index contributed by atoms with van der Waals surface area (Å²) in [6, 6.07) is 14.2. The molecule has 0 bridgehead atoms. The van der Waals surface area contributed by atoms with E-state index in [-0.39, 0.29) is 47.3 Å². The Morgan fingerprint density at radius 3 is 2.40 bits per heavy atom. The van der Waals surface area contributed by atoms with Crippen molar-refractivity contribution in [3.8, 4) is 11.8 Å². The van der Waals surface area contributed by atoms with E-state index in [1.165, 1.54) is 19.1 Å². The first kappa shape index (κ1) is 29.1. The molecule has 1 unspecified atom stereocenters. The summed E-state index contributed by atoms with van der Waals surface area (Å²) in [5.41, 5.74) is 1.83. The fourth-order valence-electron chi connectivity index (χ4n) is 5.69. The molecule has 2 aliphatic rings. The quantitative estimate of drug-likeness (QED) is 0.498. The third-order valence-electron chi connectivity index (χ3n) is 8.03. The molecule has 4 rings (SSSR count). The van der Waals surface area contributed by atoms with E-state index in [4.69, 9.17) is 4.74 Å². The predicted molar refractivity (Wildman–Crippen MR) is 149 cm³/mol. The number of halogens is 1. The van der Waals surface area contributed by atoms with Crippen LogP contribution in [0.4, 0.5) is 10.1 Å². The fraction of sp³-hybridized carbons (Fsp3) is 0.484. The lowest BCUT2D eigenvalue weighted by molar-refractivity contribution is -0.139. The number of hydrogen-bond acceptors (Lipinski definition) is 5. The van der Waals surface area contributed by atoms with Gasteiger partial charge in [-0.3, -0.25) is 14.4 Å². The maximum atomic E-state index is 13.6. The van der Waals surface area contributed by atoms with Crippen molar-refractivity contribution in [1.82, 2.24) is 9.80 Å². The SMILES string of the molecule is CC(=O)N1CCN(C(=O)COc2ccccc2CC(C(=O)Nc2ccc(C#N)c(CF)c2)C2CCCCC2)CC1. The van der Waals surface area contributed by atoms with Crippen LogP contribution in [0, 0.1) is 23.2 Å². The number of carbonyl (C=O) groups is 3. The molecule has 0 spiro atoms. The molecule has 1 N–H and O–H groups in total. The van der Waals surface area contributed by atoms with Gasteiger partial charge in [0.05, 0.1) is 11.6 Å². The summed E-state index contributed by atoms with van der Waals surface area (Å²) in [4.78, 5) is 41.5. The van der Waals surface area contributed by atoms with E-state index < -0.39 is 6.67 Å². The van der Waals surface area contributed by atoms with Gasteiger partial charge in [-0.15, -0.1) is 0 Å². The molecule has 1 aliphatic carbocycles. The summed E-state index contributed by atoms with van der Waals surface area (Å²) >= 11 is 0. The van der Waals surface area contributed by atoms with Gasteiger partial charge < -0.3 is 19.9 Å². The number of piperazine rings is 1. The van der Waals surface area contributed by atoms with Crippen molar-refractivity contribution in [1.29, 1.82) is 5.26 Å². The van der Waals surface area contributed by atoms with Crippen LogP contribution in [-0.2, 0) is 27.5 Å². The van der Waals surface area contributed by atoms with Crippen molar-refractivity contribution in [2.24, 2.45) is 11.8 Å². The maximum Gasteiger partial charge on any atom is 0.260 e. The lowest BCUT2D eigenvalue weighted by Crippen LogP contribution is -2.51. The molecule has 2 aromatic carbocycles. The molecule has 8 nitrogen and oxygen atoms in total. The van der Waals surface area contributed by atoms with E-state index in [1.54, 1.807) is 15.9 Å². The monoisotopic (exact) mass is 548 g/mol. The highest BCUT2D eigenvalue weighted by atomic mass is 19.1. The zero-order valence-corrected chi connectivity index (χ0v) is 23.0. The average Bonchev–Trinajstić information content (AvgIpc) is 2.99. The van der Waals surface area contributed by atoms with Gasteiger partial charge in [-0.25, -0.2) is 4.39 Å². The normalized spacial score (nSPS) is 16.6. The van der Waals surface area contributed by atoms with Crippen molar-refractivity contribution >= 4 is 23.4 Å². The molecule has 0 radical (unpaired) electrons. The van der Waals surface area contributed by atoms with Crippen LogP contribution in [0.2, 0.25) is 0 Å². The van der Waals surface area contributed by atoms with Crippen molar-refractivity contribution in [2.45, 2.75) is 52.1 Å². The van der Waals surface area contributed by atoms with Gasteiger partial charge in [-0.2, -0.15) is 5.26 Å². The smallest absolute Gasteiger partial charge is 0.260 e. The molecule has 1 atom stereocenters. The molecule has 212 valence electrons. The molecule has 40 heavy (non-hydrogen) atoms. The van der Waals surface area contributed by atoms with E-state index in [0.717, 1.165) is 37.7 Å². The number of ether oxygens (including phenoxy) is 1. The van der Waals surface area contributed by atoms with Crippen molar-refractivity contribution < 1.29 is 23.5 Å². The predicted octanol–water partition coefficient (Wildman–Crippen LogP) is 4.47.